The first-order valence-corrected chi connectivity index (χ1v) is 6.96. The Labute approximate surface area is 121 Å². The number of aromatic nitrogens is 2. The summed E-state index contributed by atoms with van der Waals surface area (Å²) in [5.74, 6) is 1.07. The highest BCUT2D eigenvalue weighted by Crippen LogP contribution is 2.25. The molecular formula is C13H16Cl2N2O2. The van der Waals surface area contributed by atoms with E-state index in [1.807, 2.05) is 13.8 Å². The summed E-state index contributed by atoms with van der Waals surface area (Å²) in [5, 5.41) is 10.7. The van der Waals surface area contributed by atoms with E-state index in [1.165, 1.54) is 0 Å². The summed E-state index contributed by atoms with van der Waals surface area (Å²) in [4.78, 5) is 4.35. The molecule has 1 unspecified atom stereocenters. The lowest BCUT2D eigenvalue weighted by Gasteiger charge is -2.17. The van der Waals surface area contributed by atoms with Gasteiger partial charge in [0.05, 0.1) is 23.5 Å². The lowest BCUT2D eigenvalue weighted by molar-refractivity contribution is -0.157. The second-order valence-electron chi connectivity index (χ2n) is 4.72. The van der Waals surface area contributed by atoms with Gasteiger partial charge in [0.1, 0.15) is 5.82 Å². The molecule has 0 amide bonds. The summed E-state index contributed by atoms with van der Waals surface area (Å²) in [5.41, 5.74) is 1.44. The standard InChI is InChI=1S/C13H16Cl2N2O2/c1-8(2)7-19-13(18)17-11-5-9(15)3-4-10(11)16-12(17)6-14/h3-5,8,13,18H,6-7H2,1-2H3. The number of alkyl halides is 1. The van der Waals surface area contributed by atoms with E-state index in [0.717, 1.165) is 5.52 Å². The number of aliphatic hydroxyl groups is 1. The molecule has 0 aliphatic rings. The van der Waals surface area contributed by atoms with Gasteiger partial charge in [0.2, 0.25) is 6.41 Å². The molecule has 6 heteroatoms. The smallest absolute Gasteiger partial charge is 0.243 e. The second kappa shape index (κ2) is 6.09. The minimum atomic E-state index is -1.11. The lowest BCUT2D eigenvalue weighted by atomic mass is 10.2. The molecule has 0 saturated carbocycles. The Balaban J connectivity index is 2.41. The molecule has 1 aromatic carbocycles. The SMILES string of the molecule is CC(C)COC(O)n1c(CCl)nc2ccc(Cl)cc21. The molecule has 0 fully saturated rings. The Morgan fingerprint density at radius 3 is 2.79 bits per heavy atom. The minimum absolute atomic E-state index is 0.189. The van der Waals surface area contributed by atoms with Crippen LogP contribution < -0.4 is 0 Å². The van der Waals surface area contributed by atoms with Gasteiger partial charge in [-0.3, -0.25) is 4.57 Å². The number of hydrogen-bond donors (Lipinski definition) is 1. The first-order chi connectivity index (χ1) is 9.02. The average molecular weight is 303 g/mol. The van der Waals surface area contributed by atoms with Crippen molar-refractivity contribution in [2.45, 2.75) is 26.1 Å². The molecule has 0 spiro atoms. The fraction of sp³-hybridized carbons (Fsp3) is 0.462. The van der Waals surface area contributed by atoms with Crippen LogP contribution >= 0.6 is 23.2 Å². The highest BCUT2D eigenvalue weighted by atomic mass is 35.5. The fourth-order valence-electron chi connectivity index (χ4n) is 1.81. The summed E-state index contributed by atoms with van der Waals surface area (Å²) in [6, 6.07) is 5.28. The van der Waals surface area contributed by atoms with Crippen LogP contribution in [0.5, 0.6) is 0 Å². The van der Waals surface area contributed by atoms with Gasteiger partial charge in [0, 0.05) is 5.02 Å². The van der Waals surface area contributed by atoms with Crippen molar-refractivity contribution in [3.63, 3.8) is 0 Å². The van der Waals surface area contributed by atoms with Gasteiger partial charge in [-0.2, -0.15) is 0 Å². The Morgan fingerprint density at radius 2 is 2.16 bits per heavy atom. The number of rotatable bonds is 5. The van der Waals surface area contributed by atoms with E-state index in [9.17, 15) is 5.11 Å². The van der Waals surface area contributed by atoms with E-state index in [1.54, 1.807) is 22.8 Å². The predicted molar refractivity (Wildman–Crippen MR) is 76.3 cm³/mol. The van der Waals surface area contributed by atoms with Gasteiger partial charge in [0.25, 0.3) is 0 Å². The molecule has 0 aliphatic carbocycles. The van der Waals surface area contributed by atoms with Crippen LogP contribution in [0.4, 0.5) is 0 Å². The summed E-state index contributed by atoms with van der Waals surface area (Å²) in [7, 11) is 0. The Hall–Kier alpha value is -0.810. The highest BCUT2D eigenvalue weighted by Gasteiger charge is 2.17. The molecule has 4 nitrogen and oxygen atoms in total. The van der Waals surface area contributed by atoms with Gasteiger partial charge in [-0.1, -0.05) is 25.4 Å². The van der Waals surface area contributed by atoms with Gasteiger partial charge in [-0.05, 0) is 24.1 Å². The van der Waals surface area contributed by atoms with Gasteiger partial charge < -0.3 is 9.84 Å². The van der Waals surface area contributed by atoms with Crippen LogP contribution in [0.25, 0.3) is 11.0 Å². The van der Waals surface area contributed by atoms with E-state index < -0.39 is 6.41 Å². The first kappa shape index (κ1) is 14.6. The Bertz CT molecular complexity index is 569. The molecule has 104 valence electrons. The molecule has 0 saturated heterocycles. The van der Waals surface area contributed by atoms with Gasteiger partial charge >= 0.3 is 0 Å². The third-order valence-corrected chi connectivity index (χ3v) is 3.12. The molecule has 2 rings (SSSR count). The van der Waals surface area contributed by atoms with E-state index in [2.05, 4.69) is 4.98 Å². The maximum absolute atomic E-state index is 10.2. The van der Waals surface area contributed by atoms with Crippen molar-refractivity contribution in [1.82, 2.24) is 9.55 Å². The molecule has 0 bridgehead atoms. The molecule has 19 heavy (non-hydrogen) atoms. The molecule has 2 aromatic rings. The van der Waals surface area contributed by atoms with Crippen molar-refractivity contribution in [2.75, 3.05) is 6.61 Å². The summed E-state index contributed by atoms with van der Waals surface area (Å²) in [6.07, 6.45) is -1.11. The third kappa shape index (κ3) is 3.20. The van der Waals surface area contributed by atoms with Crippen LogP contribution in [0.1, 0.15) is 26.1 Å². The van der Waals surface area contributed by atoms with Crippen molar-refractivity contribution in [3.8, 4) is 0 Å². The fourth-order valence-corrected chi connectivity index (χ4v) is 2.16. The zero-order valence-electron chi connectivity index (χ0n) is 10.8. The molecule has 1 atom stereocenters. The second-order valence-corrected chi connectivity index (χ2v) is 5.42. The molecule has 1 aromatic heterocycles. The minimum Gasteiger partial charge on any atom is -0.351 e. The number of halogens is 2. The van der Waals surface area contributed by atoms with Crippen molar-refractivity contribution < 1.29 is 9.84 Å². The van der Waals surface area contributed by atoms with Crippen LogP contribution in [0.2, 0.25) is 5.02 Å². The van der Waals surface area contributed by atoms with E-state index >= 15 is 0 Å². The first-order valence-electron chi connectivity index (χ1n) is 6.05. The van der Waals surface area contributed by atoms with Gasteiger partial charge in [0.15, 0.2) is 0 Å². The average Bonchev–Trinajstić information content (AvgIpc) is 2.73. The number of imidazole rings is 1. The van der Waals surface area contributed by atoms with E-state index in [0.29, 0.717) is 28.9 Å². The molecule has 0 radical (unpaired) electrons. The molecule has 0 aliphatic heterocycles. The maximum atomic E-state index is 10.2. The number of fused-ring (bicyclic) bond motifs is 1. The number of nitrogens with zero attached hydrogens (tertiary/aromatic N) is 2. The van der Waals surface area contributed by atoms with Crippen molar-refractivity contribution in [2.24, 2.45) is 5.92 Å². The predicted octanol–water partition coefficient (Wildman–Crippen LogP) is 3.55. The van der Waals surface area contributed by atoms with Crippen LogP contribution in [0.15, 0.2) is 18.2 Å². The van der Waals surface area contributed by atoms with Crippen LogP contribution in [-0.4, -0.2) is 21.3 Å². The number of ether oxygens (including phenoxy) is 1. The van der Waals surface area contributed by atoms with E-state index in [-0.39, 0.29) is 5.88 Å². The summed E-state index contributed by atoms with van der Waals surface area (Å²) >= 11 is 11.8. The largest absolute Gasteiger partial charge is 0.351 e. The van der Waals surface area contributed by atoms with Gasteiger partial charge in [-0.15, -0.1) is 11.6 Å². The van der Waals surface area contributed by atoms with Crippen molar-refractivity contribution in [3.05, 3.63) is 29.0 Å². The number of hydrogen-bond acceptors (Lipinski definition) is 3. The Morgan fingerprint density at radius 1 is 1.42 bits per heavy atom. The Kier molecular flexibility index (Phi) is 4.68. The summed E-state index contributed by atoms with van der Waals surface area (Å²) < 4.78 is 6.98. The lowest BCUT2D eigenvalue weighted by Crippen LogP contribution is -2.17. The monoisotopic (exact) mass is 302 g/mol. The molecule has 1 N–H and O–H groups in total. The van der Waals surface area contributed by atoms with Gasteiger partial charge in [-0.25, -0.2) is 4.98 Å². The van der Waals surface area contributed by atoms with Crippen LogP contribution in [0, 0.1) is 5.92 Å². The molecule has 1 heterocycles. The topological polar surface area (TPSA) is 47.3 Å². The van der Waals surface area contributed by atoms with Crippen LogP contribution in [-0.2, 0) is 10.6 Å². The summed E-state index contributed by atoms with van der Waals surface area (Å²) in [6.45, 7) is 4.47. The quantitative estimate of drug-likeness (QED) is 0.679. The highest BCUT2D eigenvalue weighted by molar-refractivity contribution is 6.31. The van der Waals surface area contributed by atoms with Crippen molar-refractivity contribution in [1.29, 1.82) is 0 Å². The van der Waals surface area contributed by atoms with Crippen LogP contribution in [0.3, 0.4) is 0 Å². The number of benzene rings is 1. The molecular weight excluding hydrogens is 287 g/mol. The maximum Gasteiger partial charge on any atom is 0.243 e. The third-order valence-electron chi connectivity index (χ3n) is 2.64. The van der Waals surface area contributed by atoms with E-state index in [4.69, 9.17) is 27.9 Å². The zero-order valence-corrected chi connectivity index (χ0v) is 12.3. The zero-order chi connectivity index (χ0) is 14.0. The number of aliphatic hydroxyl groups excluding tert-OH is 1. The normalized spacial score (nSPS) is 13.4. The van der Waals surface area contributed by atoms with Crippen molar-refractivity contribution >= 4 is 34.2 Å².